The van der Waals surface area contributed by atoms with Crippen LogP contribution >= 0.6 is 0 Å². The van der Waals surface area contributed by atoms with E-state index in [1.54, 1.807) is 14.2 Å². The van der Waals surface area contributed by atoms with Gasteiger partial charge in [-0.2, -0.15) is 0 Å². The molecule has 0 atom stereocenters. The lowest BCUT2D eigenvalue weighted by molar-refractivity contribution is 0.193. The lowest BCUT2D eigenvalue weighted by Crippen LogP contribution is -2.37. The summed E-state index contributed by atoms with van der Waals surface area (Å²) < 4.78 is 10.0. The maximum absolute atomic E-state index is 11.4. The summed E-state index contributed by atoms with van der Waals surface area (Å²) in [5.41, 5.74) is 1.14. The Hall–Kier alpha value is -1.75. The molecule has 0 bridgehead atoms. The van der Waals surface area contributed by atoms with E-state index in [-0.39, 0.29) is 6.03 Å². The SMILES string of the molecule is COCCCNC(=O)NCCc1cccc(OC)c1. The first-order chi connectivity index (χ1) is 9.26. The van der Waals surface area contributed by atoms with Gasteiger partial charge in [-0.1, -0.05) is 12.1 Å². The van der Waals surface area contributed by atoms with Gasteiger partial charge in [0.25, 0.3) is 0 Å². The summed E-state index contributed by atoms with van der Waals surface area (Å²) in [5, 5.41) is 5.59. The number of carbonyl (C=O) groups excluding carboxylic acids is 1. The molecule has 0 heterocycles. The van der Waals surface area contributed by atoms with Gasteiger partial charge < -0.3 is 20.1 Å². The van der Waals surface area contributed by atoms with E-state index in [2.05, 4.69) is 10.6 Å². The summed E-state index contributed by atoms with van der Waals surface area (Å²) in [4.78, 5) is 11.4. The van der Waals surface area contributed by atoms with Gasteiger partial charge in [0, 0.05) is 26.8 Å². The van der Waals surface area contributed by atoms with E-state index in [0.717, 1.165) is 24.2 Å². The second-order valence-corrected chi connectivity index (χ2v) is 4.13. The Labute approximate surface area is 114 Å². The fourth-order valence-electron chi connectivity index (χ4n) is 1.63. The van der Waals surface area contributed by atoms with Crippen LogP contribution in [0.15, 0.2) is 24.3 Å². The summed E-state index contributed by atoms with van der Waals surface area (Å²) in [7, 11) is 3.29. The molecular formula is C14H22N2O3. The first kappa shape index (κ1) is 15.3. The van der Waals surface area contributed by atoms with Crippen LogP contribution in [0.3, 0.4) is 0 Å². The molecule has 0 radical (unpaired) electrons. The minimum absolute atomic E-state index is 0.140. The van der Waals surface area contributed by atoms with Gasteiger partial charge in [0.15, 0.2) is 0 Å². The van der Waals surface area contributed by atoms with E-state index in [4.69, 9.17) is 9.47 Å². The number of urea groups is 1. The van der Waals surface area contributed by atoms with Crippen molar-refractivity contribution in [3.63, 3.8) is 0 Å². The molecule has 2 N–H and O–H groups in total. The number of nitrogens with one attached hydrogen (secondary N) is 2. The summed E-state index contributed by atoms with van der Waals surface area (Å²) in [6, 6.07) is 7.69. The van der Waals surface area contributed by atoms with Crippen molar-refractivity contribution in [1.29, 1.82) is 0 Å². The summed E-state index contributed by atoms with van der Waals surface area (Å²) in [6.45, 7) is 1.88. The molecule has 0 aliphatic heterocycles. The lowest BCUT2D eigenvalue weighted by atomic mass is 10.1. The van der Waals surface area contributed by atoms with Gasteiger partial charge in [-0.05, 0) is 30.5 Å². The largest absolute Gasteiger partial charge is 0.497 e. The van der Waals surface area contributed by atoms with Gasteiger partial charge in [-0.3, -0.25) is 0 Å². The zero-order valence-corrected chi connectivity index (χ0v) is 11.6. The average Bonchev–Trinajstić information content (AvgIpc) is 2.44. The van der Waals surface area contributed by atoms with Crippen LogP contribution < -0.4 is 15.4 Å². The van der Waals surface area contributed by atoms with E-state index in [9.17, 15) is 4.79 Å². The van der Waals surface area contributed by atoms with Crippen molar-refractivity contribution in [3.8, 4) is 5.75 Å². The molecule has 0 fully saturated rings. The Balaban J connectivity index is 2.16. The van der Waals surface area contributed by atoms with Crippen molar-refractivity contribution in [1.82, 2.24) is 10.6 Å². The van der Waals surface area contributed by atoms with Gasteiger partial charge in [-0.15, -0.1) is 0 Å². The molecule has 0 unspecified atom stereocenters. The Morgan fingerprint density at radius 1 is 1.21 bits per heavy atom. The highest BCUT2D eigenvalue weighted by atomic mass is 16.5. The number of hydrogen-bond donors (Lipinski definition) is 2. The van der Waals surface area contributed by atoms with Crippen LogP contribution in [0.2, 0.25) is 0 Å². The van der Waals surface area contributed by atoms with Gasteiger partial charge in [0.05, 0.1) is 7.11 Å². The summed E-state index contributed by atoms with van der Waals surface area (Å²) in [5.74, 6) is 0.835. The number of methoxy groups -OCH3 is 2. The molecule has 0 aromatic heterocycles. The Morgan fingerprint density at radius 2 is 2.00 bits per heavy atom. The second-order valence-electron chi connectivity index (χ2n) is 4.13. The summed E-state index contributed by atoms with van der Waals surface area (Å²) >= 11 is 0. The fourth-order valence-corrected chi connectivity index (χ4v) is 1.63. The van der Waals surface area contributed by atoms with E-state index in [1.165, 1.54) is 0 Å². The monoisotopic (exact) mass is 266 g/mol. The molecule has 0 aliphatic rings. The standard InChI is InChI=1S/C14H22N2O3/c1-18-10-4-8-15-14(17)16-9-7-12-5-3-6-13(11-12)19-2/h3,5-6,11H,4,7-10H2,1-2H3,(H2,15,16,17). The molecule has 106 valence electrons. The van der Waals surface area contributed by atoms with Crippen LogP contribution in [-0.4, -0.2) is 39.9 Å². The molecule has 0 aliphatic carbocycles. The van der Waals surface area contributed by atoms with Crippen LogP contribution in [0.5, 0.6) is 5.75 Å². The first-order valence-electron chi connectivity index (χ1n) is 6.40. The fraction of sp³-hybridized carbons (Fsp3) is 0.500. The van der Waals surface area contributed by atoms with Crippen LogP contribution in [0.25, 0.3) is 0 Å². The number of benzene rings is 1. The third kappa shape index (κ3) is 6.67. The lowest BCUT2D eigenvalue weighted by Gasteiger charge is -2.08. The third-order valence-corrected chi connectivity index (χ3v) is 2.64. The van der Waals surface area contributed by atoms with Crippen molar-refractivity contribution >= 4 is 6.03 Å². The zero-order valence-electron chi connectivity index (χ0n) is 11.6. The topological polar surface area (TPSA) is 59.6 Å². The van der Waals surface area contributed by atoms with Crippen LogP contribution in [0.4, 0.5) is 4.79 Å². The highest BCUT2D eigenvalue weighted by molar-refractivity contribution is 5.73. The van der Waals surface area contributed by atoms with E-state index in [0.29, 0.717) is 19.7 Å². The molecule has 5 heteroatoms. The molecule has 1 aromatic rings. The quantitative estimate of drug-likeness (QED) is 0.702. The molecule has 0 spiro atoms. The van der Waals surface area contributed by atoms with Gasteiger partial charge in [-0.25, -0.2) is 4.79 Å². The first-order valence-corrected chi connectivity index (χ1v) is 6.40. The normalized spacial score (nSPS) is 10.0. The van der Waals surface area contributed by atoms with Crippen molar-refractivity contribution in [3.05, 3.63) is 29.8 Å². The zero-order chi connectivity index (χ0) is 13.9. The third-order valence-electron chi connectivity index (χ3n) is 2.64. The van der Waals surface area contributed by atoms with E-state index < -0.39 is 0 Å². The Bertz CT molecular complexity index is 383. The van der Waals surface area contributed by atoms with Gasteiger partial charge in [0.1, 0.15) is 5.75 Å². The number of hydrogen-bond acceptors (Lipinski definition) is 3. The summed E-state index contributed by atoms with van der Waals surface area (Å²) in [6.07, 6.45) is 1.60. The van der Waals surface area contributed by atoms with Crippen LogP contribution in [0, 0.1) is 0 Å². The second kappa shape index (κ2) is 9.22. The Morgan fingerprint density at radius 3 is 2.74 bits per heavy atom. The average molecular weight is 266 g/mol. The van der Waals surface area contributed by atoms with Crippen LogP contribution in [-0.2, 0) is 11.2 Å². The van der Waals surface area contributed by atoms with Gasteiger partial charge in [0.2, 0.25) is 0 Å². The molecular weight excluding hydrogens is 244 g/mol. The van der Waals surface area contributed by atoms with Crippen molar-refractivity contribution in [2.75, 3.05) is 33.9 Å². The minimum Gasteiger partial charge on any atom is -0.497 e. The van der Waals surface area contributed by atoms with Crippen LogP contribution in [0.1, 0.15) is 12.0 Å². The number of amides is 2. The maximum Gasteiger partial charge on any atom is 0.314 e. The Kier molecular flexibility index (Phi) is 7.43. The van der Waals surface area contributed by atoms with E-state index in [1.807, 2.05) is 24.3 Å². The highest BCUT2D eigenvalue weighted by Crippen LogP contribution is 2.12. The minimum atomic E-state index is -0.140. The highest BCUT2D eigenvalue weighted by Gasteiger charge is 2.00. The number of carbonyl (C=O) groups is 1. The molecule has 0 saturated carbocycles. The number of rotatable bonds is 8. The molecule has 0 saturated heterocycles. The smallest absolute Gasteiger partial charge is 0.314 e. The predicted octanol–water partition coefficient (Wildman–Crippen LogP) is 1.57. The van der Waals surface area contributed by atoms with Crippen molar-refractivity contribution in [2.45, 2.75) is 12.8 Å². The molecule has 1 aromatic carbocycles. The number of ether oxygens (including phenoxy) is 2. The maximum atomic E-state index is 11.4. The molecule has 5 nitrogen and oxygen atoms in total. The predicted molar refractivity (Wildman–Crippen MR) is 74.6 cm³/mol. The molecule has 2 amide bonds. The molecule has 1 rings (SSSR count). The molecule has 19 heavy (non-hydrogen) atoms. The van der Waals surface area contributed by atoms with Crippen molar-refractivity contribution < 1.29 is 14.3 Å². The van der Waals surface area contributed by atoms with Crippen molar-refractivity contribution in [2.24, 2.45) is 0 Å². The van der Waals surface area contributed by atoms with E-state index >= 15 is 0 Å². The van der Waals surface area contributed by atoms with Gasteiger partial charge >= 0.3 is 6.03 Å².